The molecule has 0 fully saturated rings. The summed E-state index contributed by atoms with van der Waals surface area (Å²) in [5.41, 5.74) is 1.65. The Morgan fingerprint density at radius 2 is 2.00 bits per heavy atom. The molecule has 8 heteroatoms. The number of fused-ring (bicyclic) bond motifs is 1. The van der Waals surface area contributed by atoms with E-state index in [1.54, 1.807) is 24.4 Å². The highest BCUT2D eigenvalue weighted by molar-refractivity contribution is 6.36. The van der Waals surface area contributed by atoms with Crippen LogP contribution in [0.4, 0.5) is 0 Å². The molecule has 1 aliphatic heterocycles. The Labute approximate surface area is 177 Å². The number of aromatic nitrogens is 1. The van der Waals surface area contributed by atoms with E-state index in [0.29, 0.717) is 45.2 Å². The summed E-state index contributed by atoms with van der Waals surface area (Å²) in [4.78, 5) is 16.6. The number of nitrogens with zero attached hydrogens (tertiary/aromatic N) is 1. The fourth-order valence-corrected chi connectivity index (χ4v) is 3.54. The summed E-state index contributed by atoms with van der Waals surface area (Å²) in [5, 5.41) is 4.00. The van der Waals surface area contributed by atoms with Crippen molar-refractivity contribution >= 4 is 29.1 Å². The SMILES string of the molecule is CC(NC(=O)CCc1ncc(-c2ccc(Cl)cc2Cl)o1)c1ccc2c(c1)OCO2. The number of hydrogen-bond acceptors (Lipinski definition) is 5. The molecule has 0 spiro atoms. The second kappa shape index (κ2) is 8.35. The zero-order valence-electron chi connectivity index (χ0n) is 15.6. The highest BCUT2D eigenvalue weighted by Gasteiger charge is 2.17. The third-order valence-electron chi connectivity index (χ3n) is 4.59. The van der Waals surface area contributed by atoms with Crippen molar-refractivity contribution in [1.29, 1.82) is 0 Å². The molecule has 2 heterocycles. The van der Waals surface area contributed by atoms with Gasteiger partial charge in [-0.2, -0.15) is 0 Å². The molecule has 4 rings (SSSR count). The zero-order valence-corrected chi connectivity index (χ0v) is 17.1. The van der Waals surface area contributed by atoms with Gasteiger partial charge in [-0.1, -0.05) is 29.3 Å². The number of aryl methyl sites for hydroxylation is 1. The third-order valence-corrected chi connectivity index (χ3v) is 5.14. The van der Waals surface area contributed by atoms with Gasteiger partial charge < -0.3 is 19.2 Å². The number of nitrogens with one attached hydrogen (secondary N) is 1. The first-order valence-electron chi connectivity index (χ1n) is 9.08. The van der Waals surface area contributed by atoms with Crippen LogP contribution >= 0.6 is 23.2 Å². The first-order chi connectivity index (χ1) is 14.0. The Balaban J connectivity index is 1.33. The molecule has 0 aliphatic carbocycles. The molecule has 1 amide bonds. The number of oxazole rings is 1. The van der Waals surface area contributed by atoms with Gasteiger partial charge in [0.25, 0.3) is 0 Å². The summed E-state index contributed by atoms with van der Waals surface area (Å²) < 4.78 is 16.4. The lowest BCUT2D eigenvalue weighted by Gasteiger charge is -2.14. The average Bonchev–Trinajstić information content (AvgIpc) is 3.35. The van der Waals surface area contributed by atoms with Crippen LogP contribution in [0, 0.1) is 0 Å². The molecular formula is C21H18Cl2N2O4. The van der Waals surface area contributed by atoms with Crippen molar-refractivity contribution < 1.29 is 18.7 Å². The van der Waals surface area contributed by atoms with Crippen molar-refractivity contribution in [1.82, 2.24) is 10.3 Å². The van der Waals surface area contributed by atoms with Crippen LogP contribution in [-0.2, 0) is 11.2 Å². The lowest BCUT2D eigenvalue weighted by Crippen LogP contribution is -2.26. The first kappa shape index (κ1) is 19.6. The normalized spacial score (nSPS) is 13.3. The van der Waals surface area contributed by atoms with Gasteiger partial charge in [0.2, 0.25) is 12.7 Å². The number of rotatable bonds is 6. The maximum Gasteiger partial charge on any atom is 0.231 e. The van der Waals surface area contributed by atoms with E-state index in [-0.39, 0.29) is 25.2 Å². The van der Waals surface area contributed by atoms with Crippen molar-refractivity contribution in [2.75, 3.05) is 6.79 Å². The lowest BCUT2D eigenvalue weighted by molar-refractivity contribution is -0.121. The highest BCUT2D eigenvalue weighted by Crippen LogP contribution is 2.34. The van der Waals surface area contributed by atoms with Crippen LogP contribution in [0.25, 0.3) is 11.3 Å². The molecule has 1 aromatic heterocycles. The van der Waals surface area contributed by atoms with Crippen molar-refractivity contribution in [3.8, 4) is 22.8 Å². The van der Waals surface area contributed by atoms with E-state index >= 15 is 0 Å². The molecular weight excluding hydrogens is 415 g/mol. The monoisotopic (exact) mass is 432 g/mol. The van der Waals surface area contributed by atoms with Crippen molar-refractivity contribution in [2.45, 2.75) is 25.8 Å². The minimum Gasteiger partial charge on any atom is -0.454 e. The first-order valence-corrected chi connectivity index (χ1v) is 9.84. The summed E-state index contributed by atoms with van der Waals surface area (Å²) in [5.74, 6) is 2.32. The smallest absolute Gasteiger partial charge is 0.231 e. The summed E-state index contributed by atoms with van der Waals surface area (Å²) in [7, 11) is 0. The second-order valence-electron chi connectivity index (χ2n) is 6.64. The fraction of sp³-hybridized carbons (Fsp3) is 0.238. The van der Waals surface area contributed by atoms with Gasteiger partial charge >= 0.3 is 0 Å². The fourth-order valence-electron chi connectivity index (χ4n) is 3.04. The van der Waals surface area contributed by atoms with E-state index in [1.165, 1.54) is 0 Å². The Morgan fingerprint density at radius 3 is 2.83 bits per heavy atom. The van der Waals surface area contributed by atoms with Gasteiger partial charge in [-0.25, -0.2) is 4.98 Å². The second-order valence-corrected chi connectivity index (χ2v) is 7.49. The topological polar surface area (TPSA) is 73.6 Å². The lowest BCUT2D eigenvalue weighted by atomic mass is 10.1. The van der Waals surface area contributed by atoms with Crippen molar-refractivity contribution in [3.63, 3.8) is 0 Å². The molecule has 29 heavy (non-hydrogen) atoms. The molecule has 0 saturated heterocycles. The largest absolute Gasteiger partial charge is 0.454 e. The van der Waals surface area contributed by atoms with Gasteiger partial charge in [0.1, 0.15) is 0 Å². The molecule has 3 aromatic rings. The Kier molecular flexibility index (Phi) is 5.65. The van der Waals surface area contributed by atoms with Gasteiger partial charge in [-0.3, -0.25) is 4.79 Å². The number of amides is 1. The number of carbonyl (C=O) groups is 1. The molecule has 150 valence electrons. The summed E-state index contributed by atoms with van der Waals surface area (Å²) >= 11 is 12.1. The summed E-state index contributed by atoms with van der Waals surface area (Å²) in [6, 6.07) is 10.6. The molecule has 2 aromatic carbocycles. The third kappa shape index (κ3) is 4.49. The van der Waals surface area contributed by atoms with Crippen LogP contribution in [0.1, 0.15) is 30.8 Å². The predicted molar refractivity (Wildman–Crippen MR) is 109 cm³/mol. The minimum atomic E-state index is -0.162. The molecule has 1 N–H and O–H groups in total. The van der Waals surface area contributed by atoms with E-state index in [2.05, 4.69) is 10.3 Å². The van der Waals surface area contributed by atoms with E-state index in [4.69, 9.17) is 37.1 Å². The van der Waals surface area contributed by atoms with Gasteiger partial charge in [0.05, 0.1) is 17.3 Å². The average molecular weight is 433 g/mol. The molecule has 6 nitrogen and oxygen atoms in total. The van der Waals surface area contributed by atoms with Gasteiger partial charge in [-0.05, 0) is 42.8 Å². The molecule has 1 aliphatic rings. The number of benzene rings is 2. The van der Waals surface area contributed by atoms with Crippen LogP contribution in [0.3, 0.4) is 0 Å². The van der Waals surface area contributed by atoms with E-state index in [0.717, 1.165) is 5.56 Å². The van der Waals surface area contributed by atoms with Crippen molar-refractivity contribution in [2.24, 2.45) is 0 Å². The van der Waals surface area contributed by atoms with Crippen LogP contribution in [0.15, 0.2) is 47.0 Å². The molecule has 0 radical (unpaired) electrons. The number of hydrogen-bond donors (Lipinski definition) is 1. The van der Waals surface area contributed by atoms with Crippen LogP contribution in [0.2, 0.25) is 10.0 Å². The molecule has 1 atom stereocenters. The molecule has 0 saturated carbocycles. The highest BCUT2D eigenvalue weighted by atomic mass is 35.5. The van der Waals surface area contributed by atoms with E-state index in [1.807, 2.05) is 25.1 Å². The zero-order chi connectivity index (χ0) is 20.4. The van der Waals surface area contributed by atoms with E-state index < -0.39 is 0 Å². The maximum absolute atomic E-state index is 12.3. The van der Waals surface area contributed by atoms with E-state index in [9.17, 15) is 4.79 Å². The summed E-state index contributed by atoms with van der Waals surface area (Å²) in [6.07, 6.45) is 2.23. The Morgan fingerprint density at radius 1 is 1.17 bits per heavy atom. The summed E-state index contributed by atoms with van der Waals surface area (Å²) in [6.45, 7) is 2.14. The molecule has 1 unspecified atom stereocenters. The van der Waals surface area contributed by atoms with Gasteiger partial charge in [0.15, 0.2) is 23.1 Å². The number of ether oxygens (including phenoxy) is 2. The number of carbonyl (C=O) groups excluding carboxylic acids is 1. The van der Waals surface area contributed by atoms with Crippen LogP contribution < -0.4 is 14.8 Å². The quantitative estimate of drug-likeness (QED) is 0.580. The molecule has 0 bridgehead atoms. The maximum atomic E-state index is 12.3. The Hall–Kier alpha value is -2.70. The predicted octanol–water partition coefficient (Wildman–Crippen LogP) is 5.19. The minimum absolute atomic E-state index is 0.0977. The number of halogens is 2. The van der Waals surface area contributed by atoms with Crippen LogP contribution in [0.5, 0.6) is 11.5 Å². The Bertz CT molecular complexity index is 1050. The van der Waals surface area contributed by atoms with Crippen LogP contribution in [-0.4, -0.2) is 17.7 Å². The van der Waals surface area contributed by atoms with Gasteiger partial charge in [-0.15, -0.1) is 0 Å². The van der Waals surface area contributed by atoms with Gasteiger partial charge in [0, 0.05) is 23.4 Å². The standard InChI is InChI=1S/C21H18Cl2N2O4/c1-12(13-2-5-17-18(8-13)28-11-27-17)25-20(26)6-7-21-24-10-19(29-21)15-4-3-14(22)9-16(15)23/h2-5,8-10,12H,6-7,11H2,1H3,(H,25,26). The van der Waals surface area contributed by atoms with Crippen molar-refractivity contribution in [3.05, 3.63) is 64.1 Å².